The van der Waals surface area contributed by atoms with Gasteiger partial charge in [-0.15, -0.1) is 0 Å². The van der Waals surface area contributed by atoms with Gasteiger partial charge in [-0.1, -0.05) is 50.2 Å². The highest BCUT2D eigenvalue weighted by molar-refractivity contribution is 7.96. The minimum atomic E-state index is -3.84. The second-order valence-electron chi connectivity index (χ2n) is 7.76. The largest absolute Gasteiger partial charge is 0.347 e. The lowest BCUT2D eigenvalue weighted by Crippen LogP contribution is -2.22. The van der Waals surface area contributed by atoms with Gasteiger partial charge in [0, 0.05) is 35.0 Å². The van der Waals surface area contributed by atoms with Gasteiger partial charge in [0.25, 0.3) is 0 Å². The van der Waals surface area contributed by atoms with Gasteiger partial charge in [-0.2, -0.15) is 10.5 Å². The van der Waals surface area contributed by atoms with Crippen molar-refractivity contribution in [2.24, 2.45) is 0 Å². The fourth-order valence-corrected chi connectivity index (χ4v) is 6.00. The van der Waals surface area contributed by atoms with Gasteiger partial charge in [0.1, 0.15) is 17.7 Å². The Morgan fingerprint density at radius 2 is 1.63 bits per heavy atom. The Bertz CT molecular complexity index is 1350. The highest BCUT2D eigenvalue weighted by Gasteiger charge is 2.40. The summed E-state index contributed by atoms with van der Waals surface area (Å²) in [5.74, 6) is 0. The van der Waals surface area contributed by atoms with Crippen LogP contribution in [0, 0.1) is 22.7 Å². The summed E-state index contributed by atoms with van der Waals surface area (Å²) in [6, 6.07) is 18.2. The van der Waals surface area contributed by atoms with Gasteiger partial charge in [-0.05, 0) is 29.8 Å². The van der Waals surface area contributed by atoms with Crippen molar-refractivity contribution in [3.63, 3.8) is 0 Å². The fraction of sp³-hybridized carbons (Fsp3) is 0.167. The first-order valence-corrected chi connectivity index (χ1v) is 10.9. The van der Waals surface area contributed by atoms with Crippen molar-refractivity contribution in [2.75, 3.05) is 11.9 Å². The van der Waals surface area contributed by atoms with Gasteiger partial charge >= 0.3 is 0 Å². The van der Waals surface area contributed by atoms with Crippen molar-refractivity contribution in [2.45, 2.75) is 24.2 Å². The maximum atomic E-state index is 13.2. The Morgan fingerprint density at radius 3 is 2.30 bits per heavy atom. The van der Waals surface area contributed by atoms with Crippen molar-refractivity contribution in [3.05, 3.63) is 88.0 Å². The number of para-hydroxylation sites is 1. The second-order valence-corrected chi connectivity index (χ2v) is 9.64. The lowest BCUT2D eigenvalue weighted by Gasteiger charge is -2.23. The standard InChI is InChI=1S/C24H19N3O2S/c1-24(2)18-9-5-6-10-19(18)27(3)22(24)13-12-21-23(16(14-25)15-26)17-8-4-7-11-20(17)30(21,28)29/h4-13H,1-3H3/b21-12-,22-13+. The molecule has 0 bridgehead atoms. The van der Waals surface area contributed by atoms with E-state index in [0.717, 1.165) is 16.9 Å². The summed E-state index contributed by atoms with van der Waals surface area (Å²) >= 11 is 0. The third-order valence-electron chi connectivity index (χ3n) is 5.79. The van der Waals surface area contributed by atoms with E-state index in [0.29, 0.717) is 5.56 Å². The topological polar surface area (TPSA) is 85.0 Å². The molecule has 0 saturated heterocycles. The molecule has 0 saturated carbocycles. The van der Waals surface area contributed by atoms with E-state index in [-0.39, 0.29) is 26.4 Å². The third kappa shape index (κ3) is 2.62. The van der Waals surface area contributed by atoms with Crippen molar-refractivity contribution >= 4 is 21.1 Å². The maximum absolute atomic E-state index is 13.2. The molecule has 4 rings (SSSR count). The molecule has 0 atom stereocenters. The average molecular weight is 414 g/mol. The van der Waals surface area contributed by atoms with Crippen LogP contribution in [0.5, 0.6) is 0 Å². The van der Waals surface area contributed by atoms with Gasteiger partial charge in [-0.3, -0.25) is 0 Å². The number of likely N-dealkylation sites (N-methyl/N-ethyl adjacent to an activating group) is 1. The Morgan fingerprint density at radius 1 is 1.00 bits per heavy atom. The van der Waals surface area contributed by atoms with Crippen LogP contribution in [0.3, 0.4) is 0 Å². The molecular weight excluding hydrogens is 394 g/mol. The number of nitrogens with zero attached hydrogens (tertiary/aromatic N) is 3. The molecule has 6 heteroatoms. The second kappa shape index (κ2) is 6.73. The number of hydrogen-bond donors (Lipinski definition) is 0. The molecule has 0 radical (unpaired) electrons. The van der Waals surface area contributed by atoms with E-state index in [2.05, 4.69) is 19.9 Å². The van der Waals surface area contributed by atoms with Crippen LogP contribution in [0.2, 0.25) is 0 Å². The number of fused-ring (bicyclic) bond motifs is 2. The summed E-state index contributed by atoms with van der Waals surface area (Å²) in [5, 5.41) is 18.9. The molecule has 2 aromatic carbocycles. The summed E-state index contributed by atoms with van der Waals surface area (Å²) in [6.07, 6.45) is 3.31. The smallest absolute Gasteiger partial charge is 0.207 e. The van der Waals surface area contributed by atoms with Crippen LogP contribution in [-0.2, 0) is 15.3 Å². The van der Waals surface area contributed by atoms with Crippen molar-refractivity contribution in [3.8, 4) is 12.1 Å². The number of allylic oxidation sites excluding steroid dienone is 5. The summed E-state index contributed by atoms with van der Waals surface area (Å²) in [7, 11) is -1.89. The molecule has 0 aliphatic carbocycles. The monoisotopic (exact) mass is 413 g/mol. The molecule has 2 aromatic rings. The zero-order valence-corrected chi connectivity index (χ0v) is 17.7. The van der Waals surface area contributed by atoms with Gasteiger partial charge in [-0.25, -0.2) is 8.42 Å². The minimum Gasteiger partial charge on any atom is -0.347 e. The molecule has 0 unspecified atom stereocenters. The number of hydrogen-bond acceptors (Lipinski definition) is 5. The molecule has 5 nitrogen and oxygen atoms in total. The predicted molar refractivity (Wildman–Crippen MR) is 116 cm³/mol. The number of nitriles is 2. The lowest BCUT2D eigenvalue weighted by atomic mass is 9.83. The van der Waals surface area contributed by atoms with E-state index in [1.54, 1.807) is 24.3 Å². The van der Waals surface area contributed by atoms with Crippen LogP contribution in [0.1, 0.15) is 25.0 Å². The Balaban J connectivity index is 1.96. The Labute approximate surface area is 176 Å². The van der Waals surface area contributed by atoms with E-state index in [4.69, 9.17) is 0 Å². The number of rotatable bonds is 1. The van der Waals surface area contributed by atoms with Crippen LogP contribution in [0.25, 0.3) is 5.57 Å². The fourth-order valence-electron chi connectivity index (χ4n) is 4.32. The highest BCUT2D eigenvalue weighted by Crippen LogP contribution is 2.48. The highest BCUT2D eigenvalue weighted by atomic mass is 32.2. The van der Waals surface area contributed by atoms with Gasteiger partial charge < -0.3 is 4.90 Å². The summed E-state index contributed by atoms with van der Waals surface area (Å²) in [6.45, 7) is 4.18. The first kappa shape index (κ1) is 19.7. The molecule has 0 fully saturated rings. The average Bonchev–Trinajstić information content (AvgIpc) is 3.07. The van der Waals surface area contributed by atoms with Crippen molar-refractivity contribution in [1.82, 2.24) is 0 Å². The minimum absolute atomic E-state index is 0.0190. The van der Waals surface area contributed by atoms with Gasteiger partial charge in [0.2, 0.25) is 9.84 Å². The molecule has 2 aliphatic rings. The van der Waals surface area contributed by atoms with Gasteiger partial charge in [0.15, 0.2) is 0 Å². The maximum Gasteiger partial charge on any atom is 0.207 e. The third-order valence-corrected chi connectivity index (χ3v) is 7.64. The number of sulfone groups is 1. The van der Waals surface area contributed by atoms with E-state index >= 15 is 0 Å². The van der Waals surface area contributed by atoms with Crippen molar-refractivity contribution in [1.29, 1.82) is 10.5 Å². The molecule has 2 heterocycles. The summed E-state index contributed by atoms with van der Waals surface area (Å²) in [4.78, 5) is 2.14. The quantitative estimate of drug-likeness (QED) is 0.644. The normalized spacial score (nSPS) is 20.6. The van der Waals surface area contributed by atoms with Crippen LogP contribution in [0.15, 0.2) is 81.8 Å². The molecule has 30 heavy (non-hydrogen) atoms. The van der Waals surface area contributed by atoms with Gasteiger partial charge in [0.05, 0.1) is 9.80 Å². The Kier molecular flexibility index (Phi) is 4.42. The predicted octanol–water partition coefficient (Wildman–Crippen LogP) is 4.47. The molecule has 0 aromatic heterocycles. The zero-order chi connectivity index (χ0) is 21.7. The first-order chi connectivity index (χ1) is 14.2. The summed E-state index contributed by atoms with van der Waals surface area (Å²) < 4.78 is 26.5. The molecular formula is C24H19N3O2S. The summed E-state index contributed by atoms with van der Waals surface area (Å²) in [5.41, 5.74) is 3.17. The van der Waals surface area contributed by atoms with Crippen LogP contribution in [-0.4, -0.2) is 15.5 Å². The molecule has 148 valence electrons. The molecule has 0 N–H and O–H groups in total. The zero-order valence-electron chi connectivity index (χ0n) is 16.8. The molecule has 2 aliphatic heterocycles. The van der Waals surface area contributed by atoms with Crippen LogP contribution in [0.4, 0.5) is 5.69 Å². The van der Waals surface area contributed by atoms with Crippen LogP contribution >= 0.6 is 0 Å². The first-order valence-electron chi connectivity index (χ1n) is 9.40. The Hall–Kier alpha value is -3.61. The van der Waals surface area contributed by atoms with E-state index in [1.165, 1.54) is 12.1 Å². The van der Waals surface area contributed by atoms with E-state index in [9.17, 15) is 18.9 Å². The van der Waals surface area contributed by atoms with E-state index < -0.39 is 9.84 Å². The van der Waals surface area contributed by atoms with Crippen LogP contribution < -0.4 is 4.90 Å². The number of anilines is 1. The number of benzene rings is 2. The lowest BCUT2D eigenvalue weighted by molar-refractivity contribution is 0.604. The van der Waals surface area contributed by atoms with Crippen molar-refractivity contribution < 1.29 is 8.42 Å². The van der Waals surface area contributed by atoms with E-state index in [1.807, 2.05) is 42.3 Å². The molecule has 0 amide bonds. The SMILES string of the molecule is CN1/C(=C/C=C2/C(=C(C#N)C#N)c3ccccc3S2(=O)=O)C(C)(C)c2ccccc21. The molecule has 0 spiro atoms.